The molecule has 4 rings (SSSR count). The van der Waals surface area contributed by atoms with E-state index in [1.54, 1.807) is 0 Å². The molecule has 0 heterocycles. The third kappa shape index (κ3) is 3.42. The Morgan fingerprint density at radius 2 is 2.04 bits per heavy atom. The van der Waals surface area contributed by atoms with Crippen LogP contribution in [0.3, 0.4) is 0 Å². The zero-order valence-electron chi connectivity index (χ0n) is 16.5. The second kappa shape index (κ2) is 7.07. The smallest absolute Gasteiger partial charge is 0.309 e. The van der Waals surface area contributed by atoms with Crippen molar-refractivity contribution in [3.8, 4) is 5.75 Å². The molecule has 3 aliphatic rings. The minimum atomic E-state index is -3.50. The fourth-order valence-electron chi connectivity index (χ4n) is 6.09. The average Bonchev–Trinajstić information content (AvgIpc) is 2.94. The van der Waals surface area contributed by atoms with Gasteiger partial charge in [-0.15, -0.1) is 0 Å². The van der Waals surface area contributed by atoms with E-state index in [4.69, 9.17) is 4.18 Å². The molecule has 2 saturated carbocycles. The number of aliphatic hydroxyl groups excluding tert-OH is 1. The van der Waals surface area contributed by atoms with E-state index in [-0.39, 0.29) is 17.3 Å². The largest absolute Gasteiger partial charge is 0.393 e. The number of hydrogen-bond acceptors (Lipinski definition) is 4. The van der Waals surface area contributed by atoms with E-state index in [1.807, 2.05) is 19.1 Å². The fourth-order valence-corrected chi connectivity index (χ4v) is 7.21. The second-order valence-corrected chi connectivity index (χ2v) is 10.8. The van der Waals surface area contributed by atoms with Gasteiger partial charge >= 0.3 is 10.1 Å². The Hall–Kier alpha value is -1.07. The molecule has 5 atom stereocenters. The van der Waals surface area contributed by atoms with Gasteiger partial charge in [0.1, 0.15) is 5.75 Å². The van der Waals surface area contributed by atoms with Crippen molar-refractivity contribution in [1.82, 2.24) is 0 Å². The summed E-state index contributed by atoms with van der Waals surface area (Å²) in [6.07, 6.45) is 7.73. The minimum absolute atomic E-state index is 0.0773. The van der Waals surface area contributed by atoms with Crippen molar-refractivity contribution in [3.63, 3.8) is 0 Å². The lowest BCUT2D eigenvalue weighted by molar-refractivity contribution is -0.0226. The number of aliphatic hydroxyl groups is 1. The predicted molar refractivity (Wildman–Crippen MR) is 106 cm³/mol. The van der Waals surface area contributed by atoms with Crippen molar-refractivity contribution in [2.45, 2.75) is 77.2 Å². The number of hydrogen-bond donors (Lipinski definition) is 1. The lowest BCUT2D eigenvalue weighted by Crippen LogP contribution is -2.43. The van der Waals surface area contributed by atoms with Crippen LogP contribution in [0, 0.1) is 17.3 Å². The van der Waals surface area contributed by atoms with Gasteiger partial charge in [-0.3, -0.25) is 0 Å². The molecule has 0 bridgehead atoms. The second-order valence-electron chi connectivity index (χ2n) is 9.11. The van der Waals surface area contributed by atoms with E-state index >= 15 is 0 Å². The summed E-state index contributed by atoms with van der Waals surface area (Å²) >= 11 is 0. The van der Waals surface area contributed by atoms with Gasteiger partial charge in [0.15, 0.2) is 0 Å². The van der Waals surface area contributed by atoms with Crippen molar-refractivity contribution in [1.29, 1.82) is 0 Å². The van der Waals surface area contributed by atoms with Crippen LogP contribution in [-0.4, -0.2) is 25.4 Å². The molecule has 3 aliphatic carbocycles. The summed E-state index contributed by atoms with van der Waals surface area (Å²) in [5.74, 6) is 2.34. The van der Waals surface area contributed by atoms with Gasteiger partial charge in [0, 0.05) is 0 Å². The number of benzene rings is 1. The summed E-state index contributed by atoms with van der Waals surface area (Å²) in [6.45, 7) is 4.27. The summed E-state index contributed by atoms with van der Waals surface area (Å²) < 4.78 is 29.5. The van der Waals surface area contributed by atoms with Gasteiger partial charge in [0.25, 0.3) is 0 Å². The maximum absolute atomic E-state index is 12.1. The Morgan fingerprint density at radius 1 is 1.22 bits per heavy atom. The van der Waals surface area contributed by atoms with Crippen LogP contribution in [0.25, 0.3) is 0 Å². The van der Waals surface area contributed by atoms with Crippen LogP contribution < -0.4 is 4.18 Å². The molecule has 150 valence electrons. The number of aryl methyl sites for hydroxylation is 1. The third-order valence-corrected chi connectivity index (χ3v) is 8.85. The zero-order valence-corrected chi connectivity index (χ0v) is 17.3. The highest BCUT2D eigenvalue weighted by atomic mass is 32.2. The highest BCUT2D eigenvalue weighted by molar-refractivity contribution is 7.87. The van der Waals surface area contributed by atoms with Gasteiger partial charge in [0.2, 0.25) is 0 Å². The molecule has 1 aromatic rings. The van der Waals surface area contributed by atoms with Gasteiger partial charge in [0.05, 0.1) is 11.9 Å². The summed E-state index contributed by atoms with van der Waals surface area (Å²) in [7, 11) is -3.50. The molecule has 1 N–H and O–H groups in total. The van der Waals surface area contributed by atoms with E-state index < -0.39 is 10.1 Å². The van der Waals surface area contributed by atoms with E-state index in [0.29, 0.717) is 29.9 Å². The molecule has 0 unspecified atom stereocenters. The minimum Gasteiger partial charge on any atom is -0.393 e. The van der Waals surface area contributed by atoms with Gasteiger partial charge in [-0.05, 0) is 91.4 Å². The Balaban J connectivity index is 1.54. The van der Waals surface area contributed by atoms with E-state index in [2.05, 4.69) is 13.0 Å². The first kappa shape index (κ1) is 19.3. The van der Waals surface area contributed by atoms with Gasteiger partial charge in [-0.25, -0.2) is 0 Å². The quantitative estimate of drug-likeness (QED) is 0.754. The first-order valence-corrected chi connectivity index (χ1v) is 12.1. The zero-order chi connectivity index (χ0) is 19.2. The Kier molecular flexibility index (Phi) is 5.04. The van der Waals surface area contributed by atoms with E-state index in [1.165, 1.54) is 11.1 Å². The van der Waals surface area contributed by atoms with Crippen LogP contribution in [0.5, 0.6) is 5.75 Å². The van der Waals surface area contributed by atoms with Gasteiger partial charge < -0.3 is 9.29 Å². The van der Waals surface area contributed by atoms with Crippen molar-refractivity contribution < 1.29 is 17.7 Å². The van der Waals surface area contributed by atoms with Gasteiger partial charge in [-0.2, -0.15) is 8.42 Å². The molecule has 0 aliphatic heterocycles. The highest BCUT2D eigenvalue weighted by Crippen LogP contribution is 2.60. The van der Waals surface area contributed by atoms with Gasteiger partial charge in [-0.1, -0.05) is 26.3 Å². The average molecular weight is 393 g/mol. The van der Waals surface area contributed by atoms with Crippen molar-refractivity contribution in [2.24, 2.45) is 17.3 Å². The Morgan fingerprint density at radius 3 is 2.81 bits per heavy atom. The summed E-state index contributed by atoms with van der Waals surface area (Å²) in [5.41, 5.74) is 2.73. The van der Waals surface area contributed by atoms with Crippen LogP contribution >= 0.6 is 0 Å². The van der Waals surface area contributed by atoms with Crippen LogP contribution in [-0.2, 0) is 16.5 Å². The standard InChI is InChI=1S/C22H32O4S/c1-3-4-13-27(24,25)26-16-6-8-17-15(14-16)5-7-19-18(17)11-12-22(2)20(19)9-10-21(22)23/h6,8,14,18-21,23H,3-5,7,9-13H2,1-2H3/t18-,19-,20+,21+,22+/m1/s1. The SMILES string of the molecule is CCCCS(=O)(=O)Oc1ccc2c(c1)CC[C@@H]1[C@@H]2CC[C@]2(C)[C@@H](O)CC[C@@H]12. The van der Waals surface area contributed by atoms with Crippen LogP contribution in [0.4, 0.5) is 0 Å². The van der Waals surface area contributed by atoms with Crippen LogP contribution in [0.1, 0.15) is 75.8 Å². The number of unbranched alkanes of at least 4 members (excludes halogenated alkanes) is 1. The van der Waals surface area contributed by atoms with E-state index in [9.17, 15) is 13.5 Å². The van der Waals surface area contributed by atoms with Crippen molar-refractivity contribution in [3.05, 3.63) is 29.3 Å². The molecule has 27 heavy (non-hydrogen) atoms. The molecule has 0 radical (unpaired) electrons. The fraction of sp³-hybridized carbons (Fsp3) is 0.727. The summed E-state index contributed by atoms with van der Waals surface area (Å²) in [4.78, 5) is 0. The molecular formula is C22H32O4S. The lowest BCUT2D eigenvalue weighted by Gasteiger charge is -2.50. The molecule has 0 saturated heterocycles. The maximum atomic E-state index is 12.1. The molecule has 1 aromatic carbocycles. The summed E-state index contributed by atoms with van der Waals surface area (Å²) in [6, 6.07) is 5.89. The Labute approximate surface area is 163 Å². The molecule has 2 fully saturated rings. The molecule has 5 heteroatoms. The third-order valence-electron chi connectivity index (χ3n) is 7.62. The predicted octanol–water partition coefficient (Wildman–Crippen LogP) is 4.41. The number of fused-ring (bicyclic) bond motifs is 5. The molecule has 0 aromatic heterocycles. The van der Waals surface area contributed by atoms with Crippen LogP contribution in [0.15, 0.2) is 18.2 Å². The summed E-state index contributed by atoms with van der Waals surface area (Å²) in [5, 5.41) is 10.5. The monoisotopic (exact) mass is 392 g/mol. The maximum Gasteiger partial charge on any atom is 0.309 e. The Bertz CT molecular complexity index is 803. The van der Waals surface area contributed by atoms with Crippen molar-refractivity contribution in [2.75, 3.05) is 5.75 Å². The normalized spacial score (nSPS) is 35.2. The number of rotatable bonds is 5. The molecule has 0 amide bonds. The first-order valence-electron chi connectivity index (χ1n) is 10.6. The molecule has 0 spiro atoms. The van der Waals surface area contributed by atoms with E-state index in [0.717, 1.165) is 44.9 Å². The topological polar surface area (TPSA) is 63.6 Å². The molecular weight excluding hydrogens is 360 g/mol. The molecule has 4 nitrogen and oxygen atoms in total. The lowest BCUT2D eigenvalue weighted by atomic mass is 9.55. The highest BCUT2D eigenvalue weighted by Gasteiger charge is 2.54. The van der Waals surface area contributed by atoms with Crippen molar-refractivity contribution >= 4 is 10.1 Å². The van der Waals surface area contributed by atoms with Crippen LogP contribution in [0.2, 0.25) is 0 Å². The first-order chi connectivity index (χ1) is 12.8.